The molecule has 3 aromatic carbocycles. The van der Waals surface area contributed by atoms with Crippen LogP contribution in [0, 0.1) is 12.8 Å². The molecule has 0 amide bonds. The number of benzene rings is 3. The highest BCUT2D eigenvalue weighted by molar-refractivity contribution is 5.83. The van der Waals surface area contributed by atoms with Crippen molar-refractivity contribution in [3.8, 4) is 16.9 Å². The van der Waals surface area contributed by atoms with Crippen molar-refractivity contribution in [2.75, 3.05) is 6.61 Å². The van der Waals surface area contributed by atoms with Gasteiger partial charge in [-0.25, -0.2) is 4.63 Å². The van der Waals surface area contributed by atoms with E-state index in [1.807, 2.05) is 43.3 Å². The Morgan fingerprint density at radius 3 is 2.44 bits per heavy atom. The smallest absolute Gasteiger partial charge is 0.313 e. The number of carbonyl (C=O) groups excluding carboxylic acids is 1. The number of esters is 1. The van der Waals surface area contributed by atoms with Gasteiger partial charge in [0.25, 0.3) is 0 Å². The van der Waals surface area contributed by atoms with Crippen LogP contribution in [0.2, 0.25) is 0 Å². The first-order valence-corrected chi connectivity index (χ1v) is 11.7. The van der Waals surface area contributed by atoms with Crippen molar-refractivity contribution in [3.05, 3.63) is 77.4 Å². The van der Waals surface area contributed by atoms with Gasteiger partial charge in [-0.05, 0) is 83.0 Å². The van der Waals surface area contributed by atoms with Crippen LogP contribution in [0.25, 0.3) is 22.2 Å². The highest BCUT2D eigenvalue weighted by atomic mass is 16.6. The van der Waals surface area contributed by atoms with E-state index in [0.717, 1.165) is 22.3 Å². The van der Waals surface area contributed by atoms with E-state index in [-0.39, 0.29) is 11.9 Å². The molecule has 6 nitrogen and oxygen atoms in total. The van der Waals surface area contributed by atoms with Crippen molar-refractivity contribution >= 4 is 17.0 Å². The van der Waals surface area contributed by atoms with Gasteiger partial charge < -0.3 is 9.47 Å². The van der Waals surface area contributed by atoms with Crippen molar-refractivity contribution in [3.63, 3.8) is 0 Å². The van der Waals surface area contributed by atoms with Crippen LogP contribution >= 0.6 is 0 Å². The highest BCUT2D eigenvalue weighted by Crippen LogP contribution is 2.34. The molecule has 4 aromatic rings. The van der Waals surface area contributed by atoms with Gasteiger partial charge in [-0.2, -0.15) is 0 Å². The van der Waals surface area contributed by atoms with Gasteiger partial charge in [0, 0.05) is 0 Å². The van der Waals surface area contributed by atoms with Crippen molar-refractivity contribution in [2.45, 2.75) is 46.6 Å². The average Bonchev–Trinajstić information content (AvgIpc) is 3.30. The lowest BCUT2D eigenvalue weighted by atomic mass is 9.88. The minimum absolute atomic E-state index is 0.214. The fraction of sp³-hybridized carbons (Fsp3) is 0.321. The molecular formula is C28H30N2O4. The Bertz CT molecular complexity index is 1260. The van der Waals surface area contributed by atoms with E-state index in [1.54, 1.807) is 0 Å². The van der Waals surface area contributed by atoms with Crippen LogP contribution in [0.4, 0.5) is 0 Å². The summed E-state index contributed by atoms with van der Waals surface area (Å²) in [4.78, 5) is 12.9. The van der Waals surface area contributed by atoms with Crippen molar-refractivity contribution < 1.29 is 18.9 Å². The van der Waals surface area contributed by atoms with E-state index in [4.69, 9.17) is 14.1 Å². The third kappa shape index (κ3) is 5.63. The second-order valence-corrected chi connectivity index (χ2v) is 8.97. The minimum atomic E-state index is -0.376. The summed E-state index contributed by atoms with van der Waals surface area (Å²) in [6.45, 7) is 8.89. The van der Waals surface area contributed by atoms with Crippen LogP contribution in [0.5, 0.6) is 5.75 Å². The van der Waals surface area contributed by atoms with Crippen LogP contribution < -0.4 is 4.74 Å². The molecule has 0 radical (unpaired) electrons. The molecule has 4 rings (SSSR count). The summed E-state index contributed by atoms with van der Waals surface area (Å²) < 4.78 is 16.5. The summed E-state index contributed by atoms with van der Waals surface area (Å²) in [6.07, 6.45) is 0.686. The van der Waals surface area contributed by atoms with E-state index in [1.165, 1.54) is 5.56 Å². The molecule has 0 saturated heterocycles. The Balaban J connectivity index is 1.73. The van der Waals surface area contributed by atoms with Gasteiger partial charge in [0.15, 0.2) is 0 Å². The second kappa shape index (κ2) is 10.5. The molecule has 0 aliphatic rings. The molecule has 1 aromatic heterocycles. The molecular weight excluding hydrogens is 428 g/mol. The molecule has 34 heavy (non-hydrogen) atoms. The van der Waals surface area contributed by atoms with E-state index in [9.17, 15) is 4.79 Å². The molecule has 1 unspecified atom stereocenters. The van der Waals surface area contributed by atoms with Crippen LogP contribution in [0.3, 0.4) is 0 Å². The summed E-state index contributed by atoms with van der Waals surface area (Å²) >= 11 is 0. The van der Waals surface area contributed by atoms with Crippen molar-refractivity contribution in [1.82, 2.24) is 10.3 Å². The number of ether oxygens (including phenoxy) is 2. The molecule has 1 heterocycles. The Hall–Kier alpha value is -3.67. The molecule has 0 aliphatic heterocycles. The maximum absolute atomic E-state index is 12.9. The molecule has 0 saturated carbocycles. The zero-order valence-electron chi connectivity index (χ0n) is 20.1. The molecule has 0 bridgehead atoms. The zero-order valence-corrected chi connectivity index (χ0v) is 20.1. The largest absolute Gasteiger partial charge is 0.489 e. The van der Waals surface area contributed by atoms with Gasteiger partial charge in [0.2, 0.25) is 0 Å². The van der Waals surface area contributed by atoms with Gasteiger partial charge in [0.05, 0.1) is 12.5 Å². The first kappa shape index (κ1) is 23.5. The minimum Gasteiger partial charge on any atom is -0.489 e. The summed E-state index contributed by atoms with van der Waals surface area (Å²) in [7, 11) is 0. The maximum atomic E-state index is 12.9. The number of hydrogen-bond acceptors (Lipinski definition) is 6. The first-order chi connectivity index (χ1) is 16.4. The number of fused-ring (bicyclic) bond motifs is 1. The Labute approximate surface area is 199 Å². The Kier molecular flexibility index (Phi) is 7.26. The fourth-order valence-electron chi connectivity index (χ4n) is 3.97. The molecule has 0 fully saturated rings. The predicted octanol–water partition coefficient (Wildman–Crippen LogP) is 6.47. The molecule has 0 spiro atoms. The van der Waals surface area contributed by atoms with E-state index in [2.05, 4.69) is 55.4 Å². The van der Waals surface area contributed by atoms with Crippen LogP contribution in [0.15, 0.2) is 65.3 Å². The Morgan fingerprint density at radius 2 is 1.71 bits per heavy atom. The maximum Gasteiger partial charge on any atom is 0.313 e. The number of nitrogens with zero attached hydrogens (tertiary/aromatic N) is 2. The van der Waals surface area contributed by atoms with Gasteiger partial charge in [-0.15, -0.1) is 0 Å². The monoisotopic (exact) mass is 458 g/mol. The van der Waals surface area contributed by atoms with Crippen LogP contribution in [-0.2, 0) is 16.1 Å². The van der Waals surface area contributed by atoms with Gasteiger partial charge in [-0.3, -0.25) is 4.79 Å². The van der Waals surface area contributed by atoms with Gasteiger partial charge >= 0.3 is 5.97 Å². The molecule has 176 valence electrons. The standard InChI is InChI=1S/C28H30N2O4/c1-5-32-28(31)25(12-18(2)3)23-13-22(21-10-11-26-27(16-21)30-34-29-26)14-24(15-23)33-17-20-8-6-19(4)7-9-20/h6-11,13-16,18,25H,5,12,17H2,1-4H3. The zero-order chi connectivity index (χ0) is 24.1. The summed E-state index contributed by atoms with van der Waals surface area (Å²) in [5.74, 6) is 0.435. The summed E-state index contributed by atoms with van der Waals surface area (Å²) in [5, 5.41) is 7.86. The number of rotatable bonds is 9. The number of hydrogen-bond donors (Lipinski definition) is 0. The third-order valence-corrected chi connectivity index (χ3v) is 5.72. The van der Waals surface area contributed by atoms with Gasteiger partial charge in [-0.1, -0.05) is 55.8 Å². The van der Waals surface area contributed by atoms with E-state index >= 15 is 0 Å². The molecule has 0 N–H and O–H groups in total. The van der Waals surface area contributed by atoms with Crippen LogP contribution in [0.1, 0.15) is 49.8 Å². The van der Waals surface area contributed by atoms with E-state index in [0.29, 0.717) is 42.3 Å². The highest BCUT2D eigenvalue weighted by Gasteiger charge is 2.24. The Morgan fingerprint density at radius 1 is 0.941 bits per heavy atom. The lowest BCUT2D eigenvalue weighted by molar-refractivity contribution is -0.145. The first-order valence-electron chi connectivity index (χ1n) is 11.7. The molecule has 1 atom stereocenters. The summed E-state index contributed by atoms with van der Waals surface area (Å²) in [5.41, 5.74) is 6.40. The SMILES string of the molecule is CCOC(=O)C(CC(C)C)c1cc(OCc2ccc(C)cc2)cc(-c2ccc3nonc3c2)c1. The number of aromatic nitrogens is 2. The van der Waals surface area contributed by atoms with Crippen molar-refractivity contribution in [2.24, 2.45) is 5.92 Å². The number of aryl methyl sites for hydroxylation is 1. The average molecular weight is 459 g/mol. The number of carbonyl (C=O) groups is 1. The van der Waals surface area contributed by atoms with Crippen LogP contribution in [-0.4, -0.2) is 22.9 Å². The lowest BCUT2D eigenvalue weighted by Gasteiger charge is -2.20. The van der Waals surface area contributed by atoms with E-state index < -0.39 is 0 Å². The summed E-state index contributed by atoms with van der Waals surface area (Å²) in [6, 6.07) is 20.0. The molecule has 6 heteroatoms. The van der Waals surface area contributed by atoms with Crippen molar-refractivity contribution in [1.29, 1.82) is 0 Å². The third-order valence-electron chi connectivity index (χ3n) is 5.72. The second-order valence-electron chi connectivity index (χ2n) is 8.97. The van der Waals surface area contributed by atoms with Gasteiger partial charge in [0.1, 0.15) is 23.4 Å². The topological polar surface area (TPSA) is 74.5 Å². The quantitative estimate of drug-likeness (QED) is 0.268. The predicted molar refractivity (Wildman–Crippen MR) is 132 cm³/mol. The lowest BCUT2D eigenvalue weighted by Crippen LogP contribution is -2.18. The molecule has 0 aliphatic carbocycles. The fourth-order valence-corrected chi connectivity index (χ4v) is 3.97. The normalized spacial score (nSPS) is 12.1.